The zero-order valence-electron chi connectivity index (χ0n) is 13.4. The van der Waals surface area contributed by atoms with E-state index in [4.69, 9.17) is 0 Å². The predicted molar refractivity (Wildman–Crippen MR) is 95.7 cm³/mol. The molecule has 2 N–H and O–H groups in total. The number of anilines is 1. The quantitative estimate of drug-likeness (QED) is 0.713. The molecule has 25 heavy (non-hydrogen) atoms. The molecule has 0 unspecified atom stereocenters. The molecule has 1 aromatic heterocycles. The van der Waals surface area contributed by atoms with Crippen molar-refractivity contribution in [2.24, 2.45) is 0 Å². The molecule has 0 atom stereocenters. The van der Waals surface area contributed by atoms with Crippen molar-refractivity contribution in [3.63, 3.8) is 0 Å². The van der Waals surface area contributed by atoms with Crippen LogP contribution in [-0.4, -0.2) is 31.0 Å². The van der Waals surface area contributed by atoms with Crippen molar-refractivity contribution in [3.05, 3.63) is 48.7 Å². The van der Waals surface area contributed by atoms with E-state index < -0.39 is 15.9 Å². The van der Waals surface area contributed by atoms with Crippen LogP contribution >= 0.6 is 11.8 Å². The van der Waals surface area contributed by atoms with E-state index in [0.717, 1.165) is 11.9 Å². The number of hydrogen-bond acceptors (Lipinski definition) is 6. The molecule has 0 saturated heterocycles. The monoisotopic (exact) mass is 379 g/mol. The van der Waals surface area contributed by atoms with Crippen LogP contribution in [0.15, 0.2) is 58.6 Å². The Kier molecular flexibility index (Phi) is 6.54. The number of benzene rings is 1. The van der Waals surface area contributed by atoms with E-state index >= 15 is 0 Å². The normalized spacial score (nSPS) is 10.9. The highest BCUT2D eigenvalue weighted by Gasteiger charge is 2.15. The highest BCUT2D eigenvalue weighted by atomic mass is 32.2. The maximum Gasteiger partial charge on any atom is 0.264 e. The molecule has 0 spiro atoms. The van der Waals surface area contributed by atoms with Crippen LogP contribution in [0, 0.1) is 0 Å². The summed E-state index contributed by atoms with van der Waals surface area (Å²) in [5.41, 5.74) is 0.481. The summed E-state index contributed by atoms with van der Waals surface area (Å²) in [5.74, 6) is -0.263. The molecule has 0 aliphatic carbocycles. The average Bonchev–Trinajstić information content (AvgIpc) is 2.55. The second kappa shape index (κ2) is 8.63. The molecule has 0 fully saturated rings. The van der Waals surface area contributed by atoms with Gasteiger partial charge >= 0.3 is 0 Å². The minimum Gasteiger partial charge on any atom is -0.326 e. The van der Waals surface area contributed by atoms with Crippen molar-refractivity contribution in [2.45, 2.75) is 23.3 Å². The molecule has 1 aromatic carbocycles. The van der Waals surface area contributed by atoms with E-state index in [1.165, 1.54) is 36.0 Å². The summed E-state index contributed by atoms with van der Waals surface area (Å²) in [6.45, 7) is 1.12. The summed E-state index contributed by atoms with van der Waals surface area (Å²) in [7, 11) is -3.87. The van der Waals surface area contributed by atoms with Crippen molar-refractivity contribution in [3.8, 4) is 0 Å². The molecule has 7 nitrogen and oxygen atoms in total. The maximum absolute atomic E-state index is 11.9. The van der Waals surface area contributed by atoms with Gasteiger partial charge in [-0.15, -0.1) is 11.8 Å². The molecular formula is C16H17N3O4S2. The first-order chi connectivity index (χ1) is 11.9. The molecule has 0 saturated carbocycles. The Morgan fingerprint density at radius 1 is 1.12 bits per heavy atom. The molecule has 1 heterocycles. The summed E-state index contributed by atoms with van der Waals surface area (Å²) in [6.07, 6.45) is 1.99. The zero-order valence-corrected chi connectivity index (χ0v) is 15.1. The van der Waals surface area contributed by atoms with Crippen LogP contribution < -0.4 is 10.0 Å². The molecule has 132 valence electrons. The SMILES string of the molecule is CC(=O)NS(=O)(=O)c1ccc(NC(=O)CCSc2ccccn2)cc1. The van der Waals surface area contributed by atoms with Gasteiger partial charge in [0.25, 0.3) is 10.0 Å². The number of aromatic nitrogens is 1. The van der Waals surface area contributed by atoms with E-state index in [-0.39, 0.29) is 10.8 Å². The smallest absolute Gasteiger partial charge is 0.264 e. The van der Waals surface area contributed by atoms with E-state index in [1.54, 1.807) is 6.20 Å². The van der Waals surface area contributed by atoms with Crippen LogP contribution in [-0.2, 0) is 19.6 Å². The van der Waals surface area contributed by atoms with Gasteiger partial charge in [0.05, 0.1) is 9.92 Å². The summed E-state index contributed by atoms with van der Waals surface area (Å²) < 4.78 is 25.5. The number of carbonyl (C=O) groups excluding carboxylic acids is 2. The third kappa shape index (κ3) is 6.20. The number of nitrogens with zero attached hydrogens (tertiary/aromatic N) is 1. The first-order valence-corrected chi connectivity index (χ1v) is 9.81. The second-order valence-electron chi connectivity index (χ2n) is 5.00. The number of pyridine rings is 1. The number of thioether (sulfide) groups is 1. The lowest BCUT2D eigenvalue weighted by Gasteiger charge is -2.07. The molecule has 2 aromatic rings. The molecule has 0 bridgehead atoms. The summed E-state index contributed by atoms with van der Waals surface area (Å²) in [6, 6.07) is 11.2. The van der Waals surface area contributed by atoms with Gasteiger partial charge in [-0.1, -0.05) is 6.07 Å². The van der Waals surface area contributed by atoms with Crippen LogP contribution in [0.25, 0.3) is 0 Å². The fraction of sp³-hybridized carbons (Fsp3) is 0.188. The third-order valence-corrected chi connectivity index (χ3v) is 5.34. The zero-order chi connectivity index (χ0) is 18.3. The molecule has 0 radical (unpaired) electrons. The lowest BCUT2D eigenvalue weighted by molar-refractivity contribution is -0.117. The van der Waals surface area contributed by atoms with Gasteiger partial charge in [0.1, 0.15) is 0 Å². The van der Waals surface area contributed by atoms with Gasteiger partial charge in [0.2, 0.25) is 11.8 Å². The Bertz CT molecular complexity index is 837. The lowest BCUT2D eigenvalue weighted by atomic mass is 10.3. The minimum atomic E-state index is -3.87. The topological polar surface area (TPSA) is 105 Å². The van der Waals surface area contributed by atoms with Gasteiger partial charge in [0, 0.05) is 31.0 Å². The highest BCUT2D eigenvalue weighted by Crippen LogP contribution is 2.17. The van der Waals surface area contributed by atoms with Gasteiger partial charge < -0.3 is 5.32 Å². The van der Waals surface area contributed by atoms with Crippen molar-refractivity contribution in [2.75, 3.05) is 11.1 Å². The molecular weight excluding hydrogens is 362 g/mol. The van der Waals surface area contributed by atoms with Crippen LogP contribution in [0.2, 0.25) is 0 Å². The number of amides is 2. The lowest BCUT2D eigenvalue weighted by Crippen LogP contribution is -2.28. The summed E-state index contributed by atoms with van der Waals surface area (Å²) >= 11 is 1.48. The standard InChI is InChI=1S/C16H17N3O4S2/c1-12(20)19-25(22,23)14-7-5-13(6-8-14)18-15(21)9-11-24-16-4-2-3-10-17-16/h2-8,10H,9,11H2,1H3,(H,18,21)(H,19,20). The van der Waals surface area contributed by atoms with Crippen LogP contribution in [0.3, 0.4) is 0 Å². The Labute approximate surface area is 150 Å². The van der Waals surface area contributed by atoms with Crippen molar-refractivity contribution in [1.82, 2.24) is 9.71 Å². The van der Waals surface area contributed by atoms with Gasteiger partial charge in [0.15, 0.2) is 0 Å². The van der Waals surface area contributed by atoms with Crippen LogP contribution in [0.4, 0.5) is 5.69 Å². The fourth-order valence-corrected chi connectivity index (χ4v) is 3.67. The molecule has 9 heteroatoms. The second-order valence-corrected chi connectivity index (χ2v) is 7.80. The maximum atomic E-state index is 11.9. The van der Waals surface area contributed by atoms with E-state index in [1.807, 2.05) is 22.9 Å². The van der Waals surface area contributed by atoms with E-state index in [0.29, 0.717) is 17.9 Å². The first kappa shape index (κ1) is 18.9. The molecule has 2 rings (SSSR count). The number of nitrogens with one attached hydrogen (secondary N) is 2. The average molecular weight is 379 g/mol. The fourth-order valence-electron chi connectivity index (χ4n) is 1.87. The number of hydrogen-bond donors (Lipinski definition) is 2. The van der Waals surface area contributed by atoms with Gasteiger partial charge in [-0.05, 0) is 36.4 Å². The Hall–Kier alpha value is -2.39. The number of rotatable bonds is 7. The van der Waals surface area contributed by atoms with Crippen molar-refractivity contribution in [1.29, 1.82) is 0 Å². The summed E-state index contributed by atoms with van der Waals surface area (Å²) in [5, 5.41) is 3.54. The van der Waals surface area contributed by atoms with E-state index in [2.05, 4.69) is 10.3 Å². The van der Waals surface area contributed by atoms with Crippen LogP contribution in [0.5, 0.6) is 0 Å². The number of carbonyl (C=O) groups is 2. The van der Waals surface area contributed by atoms with Crippen molar-refractivity contribution >= 4 is 39.3 Å². The predicted octanol–water partition coefficient (Wildman–Crippen LogP) is 2.03. The largest absolute Gasteiger partial charge is 0.326 e. The Morgan fingerprint density at radius 3 is 2.44 bits per heavy atom. The van der Waals surface area contributed by atoms with Gasteiger partial charge in [-0.2, -0.15) is 0 Å². The first-order valence-electron chi connectivity index (χ1n) is 7.34. The Balaban J connectivity index is 1.86. The van der Waals surface area contributed by atoms with Gasteiger partial charge in [-0.25, -0.2) is 18.1 Å². The molecule has 2 amide bonds. The Morgan fingerprint density at radius 2 is 1.84 bits per heavy atom. The number of sulfonamides is 1. The summed E-state index contributed by atoms with van der Waals surface area (Å²) in [4.78, 5) is 26.9. The molecule has 0 aliphatic heterocycles. The third-order valence-electron chi connectivity index (χ3n) is 2.94. The highest BCUT2D eigenvalue weighted by molar-refractivity contribution is 7.99. The minimum absolute atomic E-state index is 0.0496. The van der Waals surface area contributed by atoms with E-state index in [9.17, 15) is 18.0 Å². The molecule has 0 aliphatic rings. The van der Waals surface area contributed by atoms with Crippen molar-refractivity contribution < 1.29 is 18.0 Å². The van der Waals surface area contributed by atoms with Crippen LogP contribution in [0.1, 0.15) is 13.3 Å². The van der Waals surface area contributed by atoms with Gasteiger partial charge in [-0.3, -0.25) is 9.59 Å².